The van der Waals surface area contributed by atoms with Crippen molar-refractivity contribution >= 4 is 11.8 Å². The van der Waals surface area contributed by atoms with Gasteiger partial charge in [0.15, 0.2) is 0 Å². The molecule has 0 fully saturated rings. The fourth-order valence-electron chi connectivity index (χ4n) is 0.931. The van der Waals surface area contributed by atoms with E-state index in [9.17, 15) is 0 Å². The van der Waals surface area contributed by atoms with E-state index in [1.807, 2.05) is 11.8 Å². The molecule has 0 radical (unpaired) electrons. The number of hydrogen-bond acceptors (Lipinski definition) is 4. The maximum atomic E-state index is 5.41. The summed E-state index contributed by atoms with van der Waals surface area (Å²) in [5, 5.41) is 0. The summed E-state index contributed by atoms with van der Waals surface area (Å²) in [6.45, 7) is 5.73. The van der Waals surface area contributed by atoms with Crippen LogP contribution in [0.1, 0.15) is 19.8 Å². The minimum absolute atomic E-state index is 0.658. The second-order valence-corrected chi connectivity index (χ2v) is 4.41. The lowest BCUT2D eigenvalue weighted by Gasteiger charge is -2.05. The third kappa shape index (κ3) is 14.2. The van der Waals surface area contributed by atoms with E-state index in [1.54, 1.807) is 7.11 Å². The first-order valence-corrected chi connectivity index (χ1v) is 6.79. The fraction of sp³-hybridized carbons (Fsp3) is 1.00. The molecule has 0 aromatic rings. The van der Waals surface area contributed by atoms with Crippen LogP contribution in [0.4, 0.5) is 0 Å². The van der Waals surface area contributed by atoms with Crippen LogP contribution in [0, 0.1) is 0 Å². The number of hydrogen-bond donors (Lipinski definition) is 0. The third-order valence-corrected chi connectivity index (χ3v) is 2.85. The van der Waals surface area contributed by atoms with Gasteiger partial charge in [0, 0.05) is 12.9 Å². The van der Waals surface area contributed by atoms with Crippen molar-refractivity contribution in [3.8, 4) is 0 Å². The molecular weight excluding hydrogens is 212 g/mol. The van der Waals surface area contributed by atoms with Gasteiger partial charge in [-0.2, -0.15) is 11.8 Å². The molecule has 0 amide bonds. The van der Waals surface area contributed by atoms with Crippen molar-refractivity contribution in [3.05, 3.63) is 0 Å². The summed E-state index contributed by atoms with van der Waals surface area (Å²) in [5.74, 6) is 2.35. The Labute approximate surface area is 97.9 Å². The van der Waals surface area contributed by atoms with Gasteiger partial charge in [-0.15, -0.1) is 0 Å². The summed E-state index contributed by atoms with van der Waals surface area (Å²) in [6, 6.07) is 0. The SMILES string of the molecule is CCCCSCCOCCOCCOC. The second kappa shape index (κ2) is 14.2. The Bertz CT molecular complexity index is 100. The van der Waals surface area contributed by atoms with Crippen molar-refractivity contribution in [1.82, 2.24) is 0 Å². The van der Waals surface area contributed by atoms with Gasteiger partial charge in [0.2, 0.25) is 0 Å². The van der Waals surface area contributed by atoms with E-state index in [1.165, 1.54) is 18.6 Å². The molecule has 0 unspecified atom stereocenters. The van der Waals surface area contributed by atoms with Crippen LogP contribution < -0.4 is 0 Å². The van der Waals surface area contributed by atoms with Crippen molar-refractivity contribution in [2.75, 3.05) is 51.6 Å². The first-order valence-electron chi connectivity index (χ1n) is 5.64. The van der Waals surface area contributed by atoms with E-state index < -0.39 is 0 Å². The molecule has 0 aliphatic heterocycles. The predicted molar refractivity (Wildman–Crippen MR) is 65.7 cm³/mol. The molecule has 0 aromatic heterocycles. The average Bonchev–Trinajstić information content (AvgIpc) is 2.26. The lowest BCUT2D eigenvalue weighted by atomic mass is 10.4. The van der Waals surface area contributed by atoms with Crippen LogP contribution in [-0.2, 0) is 14.2 Å². The molecule has 0 rings (SSSR count). The lowest BCUT2D eigenvalue weighted by Crippen LogP contribution is -2.09. The molecule has 4 heteroatoms. The molecule has 3 nitrogen and oxygen atoms in total. The summed E-state index contributed by atoms with van der Waals surface area (Å²) in [4.78, 5) is 0. The van der Waals surface area contributed by atoms with E-state index in [-0.39, 0.29) is 0 Å². The van der Waals surface area contributed by atoms with Gasteiger partial charge in [-0.3, -0.25) is 0 Å². The molecule has 0 atom stereocenters. The Hall–Kier alpha value is 0.230. The zero-order valence-corrected chi connectivity index (χ0v) is 10.8. The van der Waals surface area contributed by atoms with Gasteiger partial charge in [0.1, 0.15) is 0 Å². The Morgan fingerprint density at radius 1 is 0.867 bits per heavy atom. The molecule has 15 heavy (non-hydrogen) atoms. The Morgan fingerprint density at radius 2 is 1.53 bits per heavy atom. The first-order chi connectivity index (χ1) is 7.41. The van der Waals surface area contributed by atoms with Crippen LogP contribution in [0.3, 0.4) is 0 Å². The minimum Gasteiger partial charge on any atom is -0.382 e. The van der Waals surface area contributed by atoms with Gasteiger partial charge in [-0.25, -0.2) is 0 Å². The van der Waals surface area contributed by atoms with E-state index >= 15 is 0 Å². The molecule has 0 heterocycles. The summed E-state index contributed by atoms with van der Waals surface area (Å²) < 4.78 is 15.5. The Kier molecular flexibility index (Phi) is 14.4. The maximum absolute atomic E-state index is 5.41. The zero-order valence-electron chi connectivity index (χ0n) is 10.00. The first kappa shape index (κ1) is 15.2. The van der Waals surface area contributed by atoms with Crippen LogP contribution in [0.5, 0.6) is 0 Å². The predicted octanol–water partition coefficient (Wildman–Crippen LogP) is 2.20. The highest BCUT2D eigenvalue weighted by molar-refractivity contribution is 7.99. The second-order valence-electron chi connectivity index (χ2n) is 3.18. The van der Waals surface area contributed by atoms with Crippen LogP contribution in [-0.4, -0.2) is 51.6 Å². The standard InChI is InChI=1S/C11H24O3S/c1-3-4-10-15-11-9-14-8-7-13-6-5-12-2/h3-11H2,1-2H3. The van der Waals surface area contributed by atoms with Crippen molar-refractivity contribution in [2.24, 2.45) is 0 Å². The summed E-state index contributed by atoms with van der Waals surface area (Å²) >= 11 is 1.96. The van der Waals surface area contributed by atoms with E-state index in [2.05, 4.69) is 6.92 Å². The molecular formula is C11H24O3S. The lowest BCUT2D eigenvalue weighted by molar-refractivity contribution is 0.0286. The van der Waals surface area contributed by atoms with Crippen LogP contribution >= 0.6 is 11.8 Å². The molecule has 0 aliphatic carbocycles. The molecule has 92 valence electrons. The monoisotopic (exact) mass is 236 g/mol. The number of ether oxygens (including phenoxy) is 3. The topological polar surface area (TPSA) is 27.7 Å². The van der Waals surface area contributed by atoms with Gasteiger partial charge in [0.25, 0.3) is 0 Å². The number of unbranched alkanes of at least 4 members (excludes halogenated alkanes) is 1. The molecule has 0 aromatic carbocycles. The summed E-state index contributed by atoms with van der Waals surface area (Å²) in [7, 11) is 1.67. The zero-order chi connectivity index (χ0) is 11.2. The van der Waals surface area contributed by atoms with Gasteiger partial charge in [0.05, 0.1) is 33.0 Å². The maximum Gasteiger partial charge on any atom is 0.0701 e. The highest BCUT2D eigenvalue weighted by Gasteiger charge is 1.91. The van der Waals surface area contributed by atoms with Gasteiger partial charge in [-0.05, 0) is 12.2 Å². The quantitative estimate of drug-likeness (QED) is 0.486. The van der Waals surface area contributed by atoms with E-state index in [4.69, 9.17) is 14.2 Å². The van der Waals surface area contributed by atoms with Crippen LogP contribution in [0.25, 0.3) is 0 Å². The molecule has 0 bridgehead atoms. The Balaban J connectivity index is 2.81. The highest BCUT2D eigenvalue weighted by atomic mass is 32.2. The fourth-order valence-corrected chi connectivity index (χ4v) is 1.86. The molecule has 0 aliphatic rings. The Morgan fingerprint density at radius 3 is 2.20 bits per heavy atom. The van der Waals surface area contributed by atoms with Crippen molar-refractivity contribution < 1.29 is 14.2 Å². The summed E-state index contributed by atoms with van der Waals surface area (Å²) in [5.41, 5.74) is 0. The van der Waals surface area contributed by atoms with Gasteiger partial charge < -0.3 is 14.2 Å². The van der Waals surface area contributed by atoms with Gasteiger partial charge >= 0.3 is 0 Å². The third-order valence-electron chi connectivity index (χ3n) is 1.82. The average molecular weight is 236 g/mol. The van der Waals surface area contributed by atoms with Crippen LogP contribution in [0.2, 0.25) is 0 Å². The largest absolute Gasteiger partial charge is 0.382 e. The summed E-state index contributed by atoms with van der Waals surface area (Å²) in [6.07, 6.45) is 2.59. The van der Waals surface area contributed by atoms with Crippen molar-refractivity contribution in [2.45, 2.75) is 19.8 Å². The number of methoxy groups -OCH3 is 1. The normalized spacial score (nSPS) is 10.8. The highest BCUT2D eigenvalue weighted by Crippen LogP contribution is 2.03. The van der Waals surface area contributed by atoms with Crippen LogP contribution in [0.15, 0.2) is 0 Å². The molecule has 0 N–H and O–H groups in total. The van der Waals surface area contributed by atoms with Gasteiger partial charge in [-0.1, -0.05) is 13.3 Å². The van der Waals surface area contributed by atoms with E-state index in [0.717, 1.165) is 12.4 Å². The smallest absolute Gasteiger partial charge is 0.0701 e. The number of thioether (sulfide) groups is 1. The molecule has 0 saturated carbocycles. The molecule has 0 spiro atoms. The van der Waals surface area contributed by atoms with Crippen molar-refractivity contribution in [3.63, 3.8) is 0 Å². The van der Waals surface area contributed by atoms with Crippen molar-refractivity contribution in [1.29, 1.82) is 0 Å². The van der Waals surface area contributed by atoms with E-state index in [0.29, 0.717) is 26.4 Å². The minimum atomic E-state index is 0.658. The molecule has 0 saturated heterocycles. The number of rotatable bonds is 12.